The first-order chi connectivity index (χ1) is 10.6. The molecule has 0 amide bonds. The van der Waals surface area contributed by atoms with Gasteiger partial charge < -0.3 is 9.84 Å². The Morgan fingerprint density at radius 1 is 1.14 bits per heavy atom. The average Bonchev–Trinajstić information content (AvgIpc) is 2.50. The molecule has 122 valence electrons. The first-order valence-electron chi connectivity index (χ1n) is 7.91. The summed E-state index contributed by atoms with van der Waals surface area (Å²) >= 11 is 6.00. The lowest BCUT2D eigenvalue weighted by Crippen LogP contribution is -2.00. The van der Waals surface area contributed by atoms with Crippen molar-refractivity contribution in [2.75, 3.05) is 6.61 Å². The predicted octanol–water partition coefficient (Wildman–Crippen LogP) is 5.72. The normalized spacial score (nSPS) is 10.4. The minimum atomic E-state index is -0.985. The van der Waals surface area contributed by atoms with Crippen LogP contribution in [0.1, 0.15) is 61.7 Å². The van der Waals surface area contributed by atoms with E-state index in [1.165, 1.54) is 44.2 Å². The van der Waals surface area contributed by atoms with Crippen molar-refractivity contribution in [3.8, 4) is 5.75 Å². The number of carboxylic acid groups (broad SMARTS) is 1. The Kier molecular flexibility index (Phi) is 9.40. The number of rotatable bonds is 12. The highest BCUT2D eigenvalue weighted by Crippen LogP contribution is 2.25. The number of unbranched alkanes of at least 4 members (excludes halogenated alkanes) is 7. The molecular weight excluding hydrogens is 300 g/mol. The Bertz CT molecular complexity index is 471. The summed E-state index contributed by atoms with van der Waals surface area (Å²) in [6.45, 7) is 4.33. The van der Waals surface area contributed by atoms with E-state index in [0.29, 0.717) is 17.4 Å². The number of halogens is 1. The molecule has 0 bridgehead atoms. The second-order valence-electron chi connectivity index (χ2n) is 5.35. The molecule has 1 rings (SSSR count). The van der Waals surface area contributed by atoms with Gasteiger partial charge in [0.25, 0.3) is 0 Å². The quantitative estimate of drug-likeness (QED) is 0.395. The van der Waals surface area contributed by atoms with Gasteiger partial charge >= 0.3 is 5.97 Å². The van der Waals surface area contributed by atoms with Crippen LogP contribution in [0.5, 0.6) is 5.75 Å². The SMILES string of the molecule is C=CCCCCCCCCCOc1ccc(C(=O)O)cc1Cl. The lowest BCUT2D eigenvalue weighted by Gasteiger charge is -2.08. The summed E-state index contributed by atoms with van der Waals surface area (Å²) in [5.41, 5.74) is 0.175. The Morgan fingerprint density at radius 3 is 2.36 bits per heavy atom. The van der Waals surface area contributed by atoms with Gasteiger partial charge in [0, 0.05) is 0 Å². The lowest BCUT2D eigenvalue weighted by molar-refractivity contribution is 0.0697. The summed E-state index contributed by atoms with van der Waals surface area (Å²) in [4.78, 5) is 10.8. The van der Waals surface area contributed by atoms with E-state index in [0.717, 1.165) is 19.3 Å². The fourth-order valence-corrected chi connectivity index (χ4v) is 2.44. The van der Waals surface area contributed by atoms with Gasteiger partial charge in [0.05, 0.1) is 17.2 Å². The van der Waals surface area contributed by atoms with E-state index in [1.807, 2.05) is 6.08 Å². The highest BCUT2D eigenvalue weighted by Gasteiger charge is 2.07. The molecule has 0 radical (unpaired) electrons. The Hall–Kier alpha value is -1.48. The van der Waals surface area contributed by atoms with Gasteiger partial charge in [0.2, 0.25) is 0 Å². The van der Waals surface area contributed by atoms with Crippen LogP contribution in [0.25, 0.3) is 0 Å². The van der Waals surface area contributed by atoms with Gasteiger partial charge in [-0.2, -0.15) is 0 Å². The predicted molar refractivity (Wildman–Crippen MR) is 91.0 cm³/mol. The molecule has 0 aliphatic carbocycles. The Morgan fingerprint density at radius 2 is 1.77 bits per heavy atom. The highest BCUT2D eigenvalue weighted by molar-refractivity contribution is 6.32. The lowest BCUT2D eigenvalue weighted by atomic mass is 10.1. The van der Waals surface area contributed by atoms with Gasteiger partial charge in [-0.3, -0.25) is 0 Å². The third-order valence-electron chi connectivity index (χ3n) is 3.49. The molecule has 0 spiro atoms. The maximum Gasteiger partial charge on any atom is 0.335 e. The molecule has 0 aromatic heterocycles. The molecule has 0 fully saturated rings. The largest absolute Gasteiger partial charge is 0.492 e. The second-order valence-corrected chi connectivity index (χ2v) is 5.76. The van der Waals surface area contributed by atoms with Crippen LogP contribution < -0.4 is 4.74 Å². The van der Waals surface area contributed by atoms with Crippen molar-refractivity contribution in [1.82, 2.24) is 0 Å². The molecule has 0 saturated carbocycles. The van der Waals surface area contributed by atoms with E-state index < -0.39 is 5.97 Å². The maximum absolute atomic E-state index is 10.8. The minimum Gasteiger partial charge on any atom is -0.492 e. The van der Waals surface area contributed by atoms with Gasteiger partial charge in [0.1, 0.15) is 5.75 Å². The van der Waals surface area contributed by atoms with Crippen molar-refractivity contribution >= 4 is 17.6 Å². The molecule has 1 aromatic carbocycles. The van der Waals surface area contributed by atoms with Crippen LogP contribution in [0, 0.1) is 0 Å². The number of carboxylic acids is 1. The van der Waals surface area contributed by atoms with Gasteiger partial charge in [-0.15, -0.1) is 6.58 Å². The maximum atomic E-state index is 10.8. The Balaban J connectivity index is 2.10. The molecule has 22 heavy (non-hydrogen) atoms. The molecular formula is C18H25ClO3. The summed E-state index contributed by atoms with van der Waals surface area (Å²) in [7, 11) is 0. The summed E-state index contributed by atoms with van der Waals surface area (Å²) in [5.74, 6) is -0.433. The van der Waals surface area contributed by atoms with Crippen molar-refractivity contribution in [2.45, 2.75) is 51.4 Å². The third kappa shape index (κ3) is 7.51. The van der Waals surface area contributed by atoms with Crippen LogP contribution in [-0.4, -0.2) is 17.7 Å². The fraction of sp³-hybridized carbons (Fsp3) is 0.500. The fourth-order valence-electron chi connectivity index (χ4n) is 2.21. The molecule has 0 aliphatic heterocycles. The number of allylic oxidation sites excluding steroid dienone is 1. The zero-order chi connectivity index (χ0) is 16.2. The van der Waals surface area contributed by atoms with Crippen LogP contribution in [0.4, 0.5) is 0 Å². The van der Waals surface area contributed by atoms with E-state index in [4.69, 9.17) is 21.4 Å². The molecule has 1 N–H and O–H groups in total. The number of carbonyl (C=O) groups is 1. The molecule has 1 aromatic rings. The summed E-state index contributed by atoms with van der Waals surface area (Å²) < 4.78 is 5.60. The molecule has 0 saturated heterocycles. The topological polar surface area (TPSA) is 46.5 Å². The number of hydrogen-bond donors (Lipinski definition) is 1. The number of ether oxygens (including phenoxy) is 1. The first kappa shape index (κ1) is 18.6. The summed E-state index contributed by atoms with van der Waals surface area (Å²) in [5, 5.41) is 9.21. The van der Waals surface area contributed by atoms with Crippen molar-refractivity contribution < 1.29 is 14.6 Å². The number of aromatic carboxylic acids is 1. The van der Waals surface area contributed by atoms with Gasteiger partial charge in [-0.25, -0.2) is 4.79 Å². The van der Waals surface area contributed by atoms with E-state index >= 15 is 0 Å². The van der Waals surface area contributed by atoms with Crippen molar-refractivity contribution in [3.05, 3.63) is 41.4 Å². The van der Waals surface area contributed by atoms with Gasteiger partial charge in [-0.05, 0) is 37.5 Å². The second kappa shape index (κ2) is 11.1. The van der Waals surface area contributed by atoms with E-state index in [-0.39, 0.29) is 5.56 Å². The first-order valence-corrected chi connectivity index (χ1v) is 8.29. The van der Waals surface area contributed by atoms with E-state index in [1.54, 1.807) is 6.07 Å². The molecule has 4 heteroatoms. The highest BCUT2D eigenvalue weighted by atomic mass is 35.5. The van der Waals surface area contributed by atoms with Crippen LogP contribution in [0.3, 0.4) is 0 Å². The molecule has 0 aliphatic rings. The summed E-state index contributed by atoms with van der Waals surface area (Å²) in [6, 6.07) is 4.54. The van der Waals surface area contributed by atoms with E-state index in [2.05, 4.69) is 6.58 Å². The van der Waals surface area contributed by atoms with E-state index in [9.17, 15) is 4.79 Å². The Labute approximate surface area is 137 Å². The number of benzene rings is 1. The molecule has 0 unspecified atom stereocenters. The van der Waals surface area contributed by atoms with Crippen molar-refractivity contribution in [3.63, 3.8) is 0 Å². The smallest absolute Gasteiger partial charge is 0.335 e. The van der Waals surface area contributed by atoms with Crippen LogP contribution in [0.2, 0.25) is 5.02 Å². The van der Waals surface area contributed by atoms with Crippen LogP contribution in [0.15, 0.2) is 30.9 Å². The van der Waals surface area contributed by atoms with Gasteiger partial charge in [-0.1, -0.05) is 49.8 Å². The number of hydrogen-bond acceptors (Lipinski definition) is 2. The monoisotopic (exact) mass is 324 g/mol. The molecule has 0 atom stereocenters. The van der Waals surface area contributed by atoms with Gasteiger partial charge in [0.15, 0.2) is 0 Å². The van der Waals surface area contributed by atoms with Crippen LogP contribution in [-0.2, 0) is 0 Å². The standard InChI is InChI=1S/C18H25ClO3/c1-2-3-4-5-6-7-8-9-10-13-22-17-12-11-15(18(20)21)14-16(17)19/h2,11-12,14H,1,3-10,13H2,(H,20,21). The van der Waals surface area contributed by atoms with Crippen molar-refractivity contribution in [2.24, 2.45) is 0 Å². The van der Waals surface area contributed by atoms with Crippen molar-refractivity contribution in [1.29, 1.82) is 0 Å². The van der Waals surface area contributed by atoms with Crippen LogP contribution >= 0.6 is 11.6 Å². The average molecular weight is 325 g/mol. The third-order valence-corrected chi connectivity index (χ3v) is 3.78. The molecule has 0 heterocycles. The zero-order valence-electron chi connectivity index (χ0n) is 13.0. The zero-order valence-corrected chi connectivity index (χ0v) is 13.8. The molecule has 3 nitrogen and oxygen atoms in total. The minimum absolute atomic E-state index is 0.175. The summed E-state index contributed by atoms with van der Waals surface area (Å²) in [6.07, 6.45) is 11.5.